The third-order valence-corrected chi connectivity index (χ3v) is 5.61. The molecule has 0 bridgehead atoms. The van der Waals surface area contributed by atoms with Crippen LogP contribution in [0.4, 0.5) is 0 Å². The lowest BCUT2D eigenvalue weighted by molar-refractivity contribution is 0.388. The second-order valence-electron chi connectivity index (χ2n) is 5.61. The predicted octanol–water partition coefficient (Wildman–Crippen LogP) is 0.943. The second-order valence-corrected chi connectivity index (χ2v) is 7.44. The molecule has 2 aromatic rings. The van der Waals surface area contributed by atoms with Crippen molar-refractivity contribution in [1.82, 2.24) is 18.8 Å². The Morgan fingerprint density at radius 3 is 2.77 bits per heavy atom. The van der Waals surface area contributed by atoms with Crippen LogP contribution in [0.1, 0.15) is 30.3 Å². The number of imidazole rings is 1. The van der Waals surface area contributed by atoms with E-state index in [0.29, 0.717) is 18.7 Å². The Morgan fingerprint density at radius 2 is 2.14 bits per heavy atom. The van der Waals surface area contributed by atoms with Crippen LogP contribution in [0.3, 0.4) is 0 Å². The molecule has 1 unspecified atom stereocenters. The molecule has 0 aliphatic carbocycles. The van der Waals surface area contributed by atoms with Crippen molar-refractivity contribution in [3.63, 3.8) is 0 Å². The number of nitrogens with zero attached hydrogens (tertiary/aromatic N) is 3. The zero-order valence-corrected chi connectivity index (χ0v) is 13.3. The molecule has 2 aromatic heterocycles. The summed E-state index contributed by atoms with van der Waals surface area (Å²) in [6.07, 6.45) is 4.40. The average molecular weight is 322 g/mol. The van der Waals surface area contributed by atoms with Gasteiger partial charge < -0.3 is 9.55 Å². The first-order valence-electron chi connectivity index (χ1n) is 7.08. The molecular formula is C14H18N4O3S. The SMILES string of the molecule is Cc1cc(=O)cc(C2CCCN2S(=O)(=O)c2cn(C)cn2)[nH]1. The lowest BCUT2D eigenvalue weighted by Crippen LogP contribution is -2.32. The van der Waals surface area contributed by atoms with Crippen LogP contribution in [0, 0.1) is 6.92 Å². The Balaban J connectivity index is 2.01. The molecule has 22 heavy (non-hydrogen) atoms. The molecule has 0 saturated carbocycles. The summed E-state index contributed by atoms with van der Waals surface area (Å²) in [5.74, 6) is 0. The van der Waals surface area contributed by atoms with E-state index in [-0.39, 0.29) is 16.5 Å². The lowest BCUT2D eigenvalue weighted by Gasteiger charge is -2.23. The molecule has 3 rings (SSSR count). The van der Waals surface area contributed by atoms with E-state index in [1.54, 1.807) is 18.5 Å². The summed E-state index contributed by atoms with van der Waals surface area (Å²) >= 11 is 0. The van der Waals surface area contributed by atoms with Gasteiger partial charge in [-0.15, -0.1) is 0 Å². The highest BCUT2D eigenvalue weighted by molar-refractivity contribution is 7.89. The molecule has 1 N–H and O–H groups in total. The van der Waals surface area contributed by atoms with Crippen LogP contribution in [0.25, 0.3) is 0 Å². The fraction of sp³-hybridized carbons (Fsp3) is 0.429. The monoisotopic (exact) mass is 322 g/mol. The third-order valence-electron chi connectivity index (χ3n) is 3.81. The second kappa shape index (κ2) is 5.36. The zero-order valence-electron chi connectivity index (χ0n) is 12.5. The quantitative estimate of drug-likeness (QED) is 0.911. The number of pyridine rings is 1. The Bertz CT molecular complexity index is 853. The first-order valence-corrected chi connectivity index (χ1v) is 8.52. The predicted molar refractivity (Wildman–Crippen MR) is 80.9 cm³/mol. The number of sulfonamides is 1. The molecule has 1 aliphatic rings. The van der Waals surface area contributed by atoms with Gasteiger partial charge in [-0.25, -0.2) is 13.4 Å². The summed E-state index contributed by atoms with van der Waals surface area (Å²) in [6.45, 7) is 2.22. The fourth-order valence-electron chi connectivity index (χ4n) is 2.87. The molecule has 118 valence electrons. The minimum atomic E-state index is -3.66. The van der Waals surface area contributed by atoms with Gasteiger partial charge in [0.25, 0.3) is 10.0 Å². The van der Waals surface area contributed by atoms with Crippen LogP contribution in [-0.4, -0.2) is 33.8 Å². The minimum absolute atomic E-state index is 0.0388. The van der Waals surface area contributed by atoms with Gasteiger partial charge in [-0.3, -0.25) is 4.79 Å². The molecule has 7 nitrogen and oxygen atoms in total. The summed E-state index contributed by atoms with van der Waals surface area (Å²) in [5, 5.41) is 0.0388. The summed E-state index contributed by atoms with van der Waals surface area (Å²) in [6, 6.07) is 2.62. The van der Waals surface area contributed by atoms with Gasteiger partial charge in [0.15, 0.2) is 10.5 Å². The first kappa shape index (κ1) is 15.0. The summed E-state index contributed by atoms with van der Waals surface area (Å²) in [7, 11) is -1.93. The maximum Gasteiger partial charge on any atom is 0.262 e. The lowest BCUT2D eigenvalue weighted by atomic mass is 10.1. The highest BCUT2D eigenvalue weighted by atomic mass is 32.2. The first-order chi connectivity index (χ1) is 10.4. The number of aryl methyl sites for hydroxylation is 2. The molecule has 0 radical (unpaired) electrons. The number of hydrogen-bond donors (Lipinski definition) is 1. The molecule has 1 atom stereocenters. The molecular weight excluding hydrogens is 304 g/mol. The van der Waals surface area contributed by atoms with E-state index < -0.39 is 10.0 Å². The Hall–Kier alpha value is -1.93. The molecule has 8 heteroatoms. The van der Waals surface area contributed by atoms with Crippen molar-refractivity contribution in [2.24, 2.45) is 7.05 Å². The summed E-state index contributed by atoms with van der Waals surface area (Å²) < 4.78 is 28.6. The van der Waals surface area contributed by atoms with Crippen LogP contribution >= 0.6 is 0 Å². The van der Waals surface area contributed by atoms with Crippen molar-refractivity contribution in [3.05, 3.63) is 46.3 Å². The van der Waals surface area contributed by atoms with E-state index in [1.807, 2.05) is 0 Å². The Labute approximate surface area is 128 Å². The molecule has 0 amide bonds. The topological polar surface area (TPSA) is 88.1 Å². The van der Waals surface area contributed by atoms with Crippen LogP contribution in [-0.2, 0) is 17.1 Å². The molecule has 0 spiro atoms. The van der Waals surface area contributed by atoms with Crippen molar-refractivity contribution >= 4 is 10.0 Å². The molecule has 0 aromatic carbocycles. The number of H-pyrrole nitrogens is 1. The Morgan fingerprint density at radius 1 is 1.36 bits per heavy atom. The van der Waals surface area contributed by atoms with Gasteiger partial charge in [-0.05, 0) is 19.8 Å². The molecule has 3 heterocycles. The minimum Gasteiger partial charge on any atom is -0.361 e. The standard InChI is InChI=1S/C14H18N4O3S/c1-10-6-11(19)7-12(16-10)13-4-3-5-18(13)22(20,21)14-8-17(2)9-15-14/h6-9,13H,3-5H2,1-2H3,(H,16,19). The van der Waals surface area contributed by atoms with E-state index in [2.05, 4.69) is 9.97 Å². The number of aromatic nitrogens is 3. The van der Waals surface area contributed by atoms with Crippen LogP contribution in [0.15, 0.2) is 34.5 Å². The summed E-state index contributed by atoms with van der Waals surface area (Å²) in [4.78, 5) is 18.8. The summed E-state index contributed by atoms with van der Waals surface area (Å²) in [5.41, 5.74) is 1.25. The van der Waals surface area contributed by atoms with E-state index in [1.165, 1.54) is 29.0 Å². The number of hydrogen-bond acceptors (Lipinski definition) is 4. The van der Waals surface area contributed by atoms with E-state index in [4.69, 9.17) is 0 Å². The average Bonchev–Trinajstić information content (AvgIpc) is 3.06. The van der Waals surface area contributed by atoms with Crippen molar-refractivity contribution < 1.29 is 8.42 Å². The number of rotatable bonds is 3. The van der Waals surface area contributed by atoms with Gasteiger partial charge >= 0.3 is 0 Å². The van der Waals surface area contributed by atoms with Gasteiger partial charge in [0.1, 0.15) is 0 Å². The third kappa shape index (κ3) is 2.59. The van der Waals surface area contributed by atoms with Crippen LogP contribution < -0.4 is 5.43 Å². The van der Waals surface area contributed by atoms with E-state index in [9.17, 15) is 13.2 Å². The highest BCUT2D eigenvalue weighted by Gasteiger charge is 2.37. The van der Waals surface area contributed by atoms with Crippen molar-refractivity contribution in [2.75, 3.05) is 6.54 Å². The van der Waals surface area contributed by atoms with E-state index in [0.717, 1.165) is 12.1 Å². The highest BCUT2D eigenvalue weighted by Crippen LogP contribution is 2.34. The fourth-order valence-corrected chi connectivity index (χ4v) is 4.51. The largest absolute Gasteiger partial charge is 0.361 e. The van der Waals surface area contributed by atoms with Gasteiger partial charge in [0.05, 0.1) is 12.4 Å². The zero-order chi connectivity index (χ0) is 15.9. The van der Waals surface area contributed by atoms with Gasteiger partial charge in [0, 0.05) is 43.3 Å². The van der Waals surface area contributed by atoms with Crippen molar-refractivity contribution in [1.29, 1.82) is 0 Å². The van der Waals surface area contributed by atoms with Gasteiger partial charge in [-0.2, -0.15) is 4.31 Å². The van der Waals surface area contributed by atoms with Gasteiger partial charge in [0.2, 0.25) is 0 Å². The maximum atomic E-state index is 12.8. The van der Waals surface area contributed by atoms with Gasteiger partial charge in [-0.1, -0.05) is 0 Å². The molecule has 1 fully saturated rings. The molecule has 1 aliphatic heterocycles. The smallest absolute Gasteiger partial charge is 0.262 e. The van der Waals surface area contributed by atoms with Crippen LogP contribution in [0.2, 0.25) is 0 Å². The van der Waals surface area contributed by atoms with E-state index >= 15 is 0 Å². The molecule has 1 saturated heterocycles. The number of aromatic amines is 1. The number of nitrogens with one attached hydrogen (secondary N) is 1. The maximum absolute atomic E-state index is 12.8. The normalized spacial score (nSPS) is 19.6. The van der Waals surface area contributed by atoms with Crippen molar-refractivity contribution in [3.8, 4) is 0 Å². The van der Waals surface area contributed by atoms with Crippen LogP contribution in [0.5, 0.6) is 0 Å². The Kier molecular flexibility index (Phi) is 3.65. The van der Waals surface area contributed by atoms with Crippen molar-refractivity contribution in [2.45, 2.75) is 30.8 Å².